The fourth-order valence-electron chi connectivity index (χ4n) is 0.408. The van der Waals surface area contributed by atoms with Crippen LogP contribution in [0.1, 0.15) is 5.69 Å². The van der Waals surface area contributed by atoms with Gasteiger partial charge in [0.1, 0.15) is 0 Å². The quantitative estimate of drug-likeness (QED) is 0.652. The number of hydrogen-bond donors (Lipinski definition) is 0. The van der Waals surface area contributed by atoms with Crippen LogP contribution in [0, 0.1) is 6.92 Å². The van der Waals surface area contributed by atoms with Gasteiger partial charge in [0.05, 0.1) is 5.69 Å². The molecule has 0 unspecified atom stereocenters. The standard InChI is InChI=1S/C5H4BrClN2/c1-3-4(6)2-5(7)9-8-3/h2H,1H3. The van der Waals surface area contributed by atoms with E-state index in [1.54, 1.807) is 6.07 Å². The molecular formula is C5H4BrClN2. The summed E-state index contributed by atoms with van der Waals surface area (Å²) in [6.07, 6.45) is 0. The maximum absolute atomic E-state index is 5.51. The Balaban J connectivity index is 3.17. The van der Waals surface area contributed by atoms with Crippen LogP contribution in [0.5, 0.6) is 0 Å². The first-order valence-electron chi connectivity index (χ1n) is 2.35. The van der Waals surface area contributed by atoms with Gasteiger partial charge in [-0.15, -0.1) is 5.10 Å². The zero-order valence-electron chi connectivity index (χ0n) is 4.73. The Morgan fingerprint density at radius 3 is 2.67 bits per heavy atom. The van der Waals surface area contributed by atoms with E-state index in [1.807, 2.05) is 6.92 Å². The molecule has 0 saturated heterocycles. The van der Waals surface area contributed by atoms with Crippen molar-refractivity contribution >= 4 is 27.5 Å². The molecule has 9 heavy (non-hydrogen) atoms. The maximum atomic E-state index is 5.51. The van der Waals surface area contributed by atoms with Crippen molar-refractivity contribution in [3.8, 4) is 0 Å². The smallest absolute Gasteiger partial charge is 0.152 e. The highest BCUT2D eigenvalue weighted by Gasteiger charge is 1.95. The van der Waals surface area contributed by atoms with Gasteiger partial charge >= 0.3 is 0 Å². The van der Waals surface area contributed by atoms with Crippen LogP contribution in [0.25, 0.3) is 0 Å². The van der Waals surface area contributed by atoms with Crippen molar-refractivity contribution in [2.75, 3.05) is 0 Å². The Labute approximate surface area is 66.4 Å². The van der Waals surface area contributed by atoms with Gasteiger partial charge in [0.15, 0.2) is 5.15 Å². The Kier molecular flexibility index (Phi) is 2.03. The molecule has 0 fully saturated rings. The Morgan fingerprint density at radius 1 is 1.56 bits per heavy atom. The van der Waals surface area contributed by atoms with Gasteiger partial charge < -0.3 is 0 Å². The summed E-state index contributed by atoms with van der Waals surface area (Å²) in [5.74, 6) is 0. The molecule has 1 rings (SSSR count). The minimum Gasteiger partial charge on any atom is -0.153 e. The van der Waals surface area contributed by atoms with E-state index in [0.717, 1.165) is 10.2 Å². The lowest BCUT2D eigenvalue weighted by Gasteiger charge is -1.92. The highest BCUT2D eigenvalue weighted by molar-refractivity contribution is 9.10. The summed E-state index contributed by atoms with van der Waals surface area (Å²) < 4.78 is 0.891. The van der Waals surface area contributed by atoms with E-state index in [4.69, 9.17) is 11.6 Å². The average Bonchev–Trinajstić information content (AvgIpc) is 1.80. The van der Waals surface area contributed by atoms with Gasteiger partial charge in [0, 0.05) is 4.47 Å². The van der Waals surface area contributed by atoms with E-state index in [9.17, 15) is 0 Å². The first-order valence-corrected chi connectivity index (χ1v) is 3.52. The summed E-state index contributed by atoms with van der Waals surface area (Å²) in [7, 11) is 0. The molecule has 0 aliphatic heterocycles. The zero-order valence-corrected chi connectivity index (χ0v) is 7.07. The molecule has 4 heteroatoms. The lowest BCUT2D eigenvalue weighted by molar-refractivity contribution is 0.971. The van der Waals surface area contributed by atoms with Crippen LogP contribution < -0.4 is 0 Å². The van der Waals surface area contributed by atoms with Crippen LogP contribution in [0.4, 0.5) is 0 Å². The lowest BCUT2D eigenvalue weighted by Crippen LogP contribution is -1.86. The van der Waals surface area contributed by atoms with Crippen LogP contribution in [0.2, 0.25) is 5.15 Å². The minimum absolute atomic E-state index is 0.410. The van der Waals surface area contributed by atoms with E-state index in [1.165, 1.54) is 0 Å². The first kappa shape index (κ1) is 6.96. The van der Waals surface area contributed by atoms with Crippen LogP contribution in [-0.2, 0) is 0 Å². The van der Waals surface area contributed by atoms with Gasteiger partial charge in [-0.25, -0.2) is 0 Å². The highest BCUT2D eigenvalue weighted by Crippen LogP contribution is 2.15. The summed E-state index contributed by atoms with van der Waals surface area (Å²) >= 11 is 8.77. The molecule has 0 aromatic carbocycles. The minimum atomic E-state index is 0.410. The Bertz CT molecular complexity index is 226. The van der Waals surface area contributed by atoms with Crippen molar-refractivity contribution in [1.29, 1.82) is 0 Å². The van der Waals surface area contributed by atoms with E-state index >= 15 is 0 Å². The molecule has 1 aromatic rings. The van der Waals surface area contributed by atoms with E-state index in [2.05, 4.69) is 26.1 Å². The fourth-order valence-corrected chi connectivity index (χ4v) is 0.983. The molecule has 0 radical (unpaired) electrons. The van der Waals surface area contributed by atoms with Crippen molar-refractivity contribution in [2.45, 2.75) is 6.92 Å². The van der Waals surface area contributed by atoms with Crippen LogP contribution in [0.3, 0.4) is 0 Å². The van der Waals surface area contributed by atoms with Gasteiger partial charge in [-0.1, -0.05) is 11.6 Å². The molecule has 0 aliphatic carbocycles. The topological polar surface area (TPSA) is 25.8 Å². The number of halogens is 2. The number of aromatic nitrogens is 2. The van der Waals surface area contributed by atoms with Crippen LogP contribution in [0.15, 0.2) is 10.5 Å². The van der Waals surface area contributed by atoms with Crippen molar-refractivity contribution in [2.24, 2.45) is 0 Å². The maximum Gasteiger partial charge on any atom is 0.152 e. The second-order valence-electron chi connectivity index (χ2n) is 1.60. The predicted octanol–water partition coefficient (Wildman–Crippen LogP) is 2.20. The molecule has 0 spiro atoms. The number of hydrogen-bond acceptors (Lipinski definition) is 2. The second-order valence-corrected chi connectivity index (χ2v) is 2.84. The SMILES string of the molecule is Cc1nnc(Cl)cc1Br. The average molecular weight is 207 g/mol. The van der Waals surface area contributed by atoms with Gasteiger partial charge in [-0.05, 0) is 28.9 Å². The van der Waals surface area contributed by atoms with Gasteiger partial charge in [-0.2, -0.15) is 5.10 Å². The van der Waals surface area contributed by atoms with Gasteiger partial charge in [0.25, 0.3) is 0 Å². The van der Waals surface area contributed by atoms with Crippen molar-refractivity contribution in [3.63, 3.8) is 0 Å². The van der Waals surface area contributed by atoms with E-state index in [0.29, 0.717) is 5.15 Å². The molecule has 0 saturated carbocycles. The first-order chi connectivity index (χ1) is 4.20. The number of aryl methyl sites for hydroxylation is 1. The molecule has 1 aromatic heterocycles. The van der Waals surface area contributed by atoms with Crippen LogP contribution in [-0.4, -0.2) is 10.2 Å². The molecule has 0 aliphatic rings. The molecule has 2 nitrogen and oxygen atoms in total. The third-order valence-corrected chi connectivity index (χ3v) is 1.87. The molecule has 0 N–H and O–H groups in total. The number of rotatable bonds is 0. The van der Waals surface area contributed by atoms with Crippen molar-refractivity contribution in [3.05, 3.63) is 21.4 Å². The molecule has 0 bridgehead atoms. The summed E-state index contributed by atoms with van der Waals surface area (Å²) in [4.78, 5) is 0. The van der Waals surface area contributed by atoms with Gasteiger partial charge in [-0.3, -0.25) is 0 Å². The zero-order chi connectivity index (χ0) is 6.85. The third-order valence-electron chi connectivity index (χ3n) is 0.887. The third kappa shape index (κ3) is 1.63. The summed E-state index contributed by atoms with van der Waals surface area (Å²) in [5.41, 5.74) is 0.847. The Hall–Kier alpha value is -0.150. The summed E-state index contributed by atoms with van der Waals surface area (Å²) in [5, 5.41) is 7.78. The summed E-state index contributed by atoms with van der Waals surface area (Å²) in [6, 6.07) is 1.71. The molecule has 48 valence electrons. The monoisotopic (exact) mass is 206 g/mol. The fraction of sp³-hybridized carbons (Fsp3) is 0.200. The van der Waals surface area contributed by atoms with Crippen molar-refractivity contribution < 1.29 is 0 Å². The molecule has 1 heterocycles. The lowest BCUT2D eigenvalue weighted by atomic mass is 10.4. The largest absolute Gasteiger partial charge is 0.153 e. The normalized spacial score (nSPS) is 9.67. The van der Waals surface area contributed by atoms with Crippen molar-refractivity contribution in [1.82, 2.24) is 10.2 Å². The second kappa shape index (κ2) is 2.62. The molecule has 0 amide bonds. The highest BCUT2D eigenvalue weighted by atomic mass is 79.9. The van der Waals surface area contributed by atoms with E-state index in [-0.39, 0.29) is 0 Å². The van der Waals surface area contributed by atoms with Crippen LogP contribution >= 0.6 is 27.5 Å². The van der Waals surface area contributed by atoms with E-state index < -0.39 is 0 Å². The molecule has 0 atom stereocenters. The molecular weight excluding hydrogens is 203 g/mol. The van der Waals surface area contributed by atoms with Gasteiger partial charge in [0.2, 0.25) is 0 Å². The number of nitrogens with zero attached hydrogens (tertiary/aromatic N) is 2. The Morgan fingerprint density at radius 2 is 2.22 bits per heavy atom. The predicted molar refractivity (Wildman–Crippen MR) is 39.5 cm³/mol. The summed E-state index contributed by atoms with van der Waals surface area (Å²) in [6.45, 7) is 1.85.